The van der Waals surface area contributed by atoms with Crippen LogP contribution in [0.25, 0.3) is 0 Å². The molecule has 8 nitrogen and oxygen atoms in total. The number of amides is 2. The number of benzene rings is 1. The number of aryl methyl sites for hydroxylation is 1. The molecule has 0 spiro atoms. The summed E-state index contributed by atoms with van der Waals surface area (Å²) in [5.74, 6) is -1.70. The number of nitrogens with one attached hydrogen (secondary N) is 1. The molecule has 2 rings (SSSR count). The van der Waals surface area contributed by atoms with Crippen LogP contribution in [0.5, 0.6) is 0 Å². The predicted molar refractivity (Wildman–Crippen MR) is 91.1 cm³/mol. The van der Waals surface area contributed by atoms with Gasteiger partial charge in [-0.2, -0.15) is 0 Å². The molecular weight excluding hydrogens is 324 g/mol. The maximum absolute atomic E-state index is 12.3. The molecule has 0 aliphatic rings. The standard InChI is InChI=1S/C17H20N4O4/c1-12(17(24)25)20(2)16(23)13-4-3-5-14(10-13)19-15(22)6-8-21-9-7-18-11-21/h3-5,7,9-12H,6,8H2,1-2H3,(H,19,22)(H,24,25). The molecule has 0 fully saturated rings. The Morgan fingerprint density at radius 3 is 2.76 bits per heavy atom. The van der Waals surface area contributed by atoms with Crippen LogP contribution in [-0.4, -0.2) is 50.4 Å². The number of aliphatic carboxylic acids is 1. The van der Waals surface area contributed by atoms with Gasteiger partial charge in [0, 0.05) is 43.7 Å². The Bertz CT molecular complexity index is 758. The van der Waals surface area contributed by atoms with Gasteiger partial charge in [0.2, 0.25) is 5.91 Å². The maximum Gasteiger partial charge on any atom is 0.326 e. The molecule has 1 atom stereocenters. The van der Waals surface area contributed by atoms with Crippen LogP contribution >= 0.6 is 0 Å². The van der Waals surface area contributed by atoms with Crippen molar-refractivity contribution in [3.8, 4) is 0 Å². The Balaban J connectivity index is 1.99. The summed E-state index contributed by atoms with van der Waals surface area (Å²) < 4.78 is 1.79. The van der Waals surface area contributed by atoms with Gasteiger partial charge in [0.25, 0.3) is 5.91 Å². The highest BCUT2D eigenvalue weighted by Crippen LogP contribution is 2.14. The third-order valence-electron chi connectivity index (χ3n) is 3.81. The van der Waals surface area contributed by atoms with E-state index >= 15 is 0 Å². The van der Waals surface area contributed by atoms with Crippen LogP contribution in [-0.2, 0) is 16.1 Å². The normalized spacial score (nSPS) is 11.6. The average molecular weight is 344 g/mol. The van der Waals surface area contributed by atoms with E-state index in [1.807, 2.05) is 0 Å². The van der Waals surface area contributed by atoms with E-state index < -0.39 is 17.9 Å². The third-order valence-corrected chi connectivity index (χ3v) is 3.81. The van der Waals surface area contributed by atoms with Crippen molar-refractivity contribution in [2.24, 2.45) is 0 Å². The van der Waals surface area contributed by atoms with Gasteiger partial charge in [0.1, 0.15) is 6.04 Å². The fraction of sp³-hybridized carbons (Fsp3) is 0.294. The van der Waals surface area contributed by atoms with E-state index in [4.69, 9.17) is 5.11 Å². The summed E-state index contributed by atoms with van der Waals surface area (Å²) in [5.41, 5.74) is 0.792. The van der Waals surface area contributed by atoms with Crippen LogP contribution in [0.15, 0.2) is 43.0 Å². The number of imidazole rings is 1. The molecule has 1 aromatic carbocycles. The Kier molecular flexibility index (Phi) is 5.89. The van der Waals surface area contributed by atoms with Crippen LogP contribution in [0.3, 0.4) is 0 Å². The van der Waals surface area contributed by atoms with E-state index in [0.29, 0.717) is 17.8 Å². The topological polar surface area (TPSA) is 105 Å². The van der Waals surface area contributed by atoms with Gasteiger partial charge in [-0.25, -0.2) is 9.78 Å². The second-order valence-corrected chi connectivity index (χ2v) is 5.61. The van der Waals surface area contributed by atoms with Crippen LogP contribution in [0.1, 0.15) is 23.7 Å². The van der Waals surface area contributed by atoms with Gasteiger partial charge in [-0.15, -0.1) is 0 Å². The van der Waals surface area contributed by atoms with E-state index in [1.165, 1.54) is 20.0 Å². The molecule has 8 heteroatoms. The Labute approximate surface area is 145 Å². The lowest BCUT2D eigenvalue weighted by Crippen LogP contribution is -2.40. The van der Waals surface area contributed by atoms with Gasteiger partial charge in [-0.3, -0.25) is 9.59 Å². The molecule has 0 aliphatic heterocycles. The minimum atomic E-state index is -1.08. The van der Waals surface area contributed by atoms with Crippen LogP contribution < -0.4 is 5.32 Å². The number of likely N-dealkylation sites (N-methyl/N-ethyl adjacent to an activating group) is 1. The van der Waals surface area contributed by atoms with Crippen molar-refractivity contribution in [2.45, 2.75) is 25.9 Å². The largest absolute Gasteiger partial charge is 0.480 e. The van der Waals surface area contributed by atoms with Gasteiger partial charge in [-0.05, 0) is 25.1 Å². The van der Waals surface area contributed by atoms with Crippen LogP contribution in [0.4, 0.5) is 5.69 Å². The first-order valence-electron chi connectivity index (χ1n) is 7.74. The van der Waals surface area contributed by atoms with E-state index in [1.54, 1.807) is 41.5 Å². The number of hydrogen-bond donors (Lipinski definition) is 2. The van der Waals surface area contributed by atoms with E-state index in [2.05, 4.69) is 10.3 Å². The van der Waals surface area contributed by atoms with Gasteiger partial charge in [-0.1, -0.05) is 6.07 Å². The van der Waals surface area contributed by atoms with Gasteiger partial charge < -0.3 is 19.9 Å². The lowest BCUT2D eigenvalue weighted by Gasteiger charge is -2.21. The highest BCUT2D eigenvalue weighted by Gasteiger charge is 2.22. The smallest absolute Gasteiger partial charge is 0.326 e. The minimum absolute atomic E-state index is 0.189. The molecule has 0 bridgehead atoms. The summed E-state index contributed by atoms with van der Waals surface area (Å²) in [6, 6.07) is 5.47. The number of aromatic nitrogens is 2. The summed E-state index contributed by atoms with van der Waals surface area (Å²) >= 11 is 0. The quantitative estimate of drug-likeness (QED) is 0.791. The minimum Gasteiger partial charge on any atom is -0.480 e. The van der Waals surface area contributed by atoms with Crippen LogP contribution in [0, 0.1) is 0 Å². The van der Waals surface area contributed by atoms with E-state index in [9.17, 15) is 14.4 Å². The number of carboxylic acid groups (broad SMARTS) is 1. The summed E-state index contributed by atoms with van der Waals surface area (Å²) in [6.45, 7) is 1.94. The molecule has 1 heterocycles. The predicted octanol–water partition coefficient (Wildman–Crippen LogP) is 1.46. The first kappa shape index (κ1) is 18.2. The monoisotopic (exact) mass is 344 g/mol. The van der Waals surface area contributed by atoms with Gasteiger partial charge >= 0.3 is 5.97 Å². The molecule has 2 N–H and O–H groups in total. The number of hydrogen-bond acceptors (Lipinski definition) is 4. The molecule has 132 valence electrons. The molecule has 0 saturated carbocycles. The summed E-state index contributed by atoms with van der Waals surface area (Å²) in [4.78, 5) is 40.4. The molecule has 25 heavy (non-hydrogen) atoms. The lowest BCUT2D eigenvalue weighted by atomic mass is 10.1. The molecular formula is C17H20N4O4. The maximum atomic E-state index is 12.3. The first-order chi connectivity index (χ1) is 11.9. The number of rotatable bonds is 7. The molecule has 0 saturated heterocycles. The number of nitrogens with zero attached hydrogens (tertiary/aromatic N) is 3. The molecule has 1 unspecified atom stereocenters. The molecule has 0 radical (unpaired) electrons. The number of carbonyl (C=O) groups excluding carboxylic acids is 2. The van der Waals surface area contributed by atoms with Crippen molar-refractivity contribution >= 4 is 23.5 Å². The Morgan fingerprint density at radius 1 is 1.36 bits per heavy atom. The van der Waals surface area contributed by atoms with Gasteiger partial charge in [0.15, 0.2) is 0 Å². The van der Waals surface area contributed by atoms with Crippen molar-refractivity contribution in [3.63, 3.8) is 0 Å². The first-order valence-corrected chi connectivity index (χ1v) is 7.74. The highest BCUT2D eigenvalue weighted by atomic mass is 16.4. The summed E-state index contributed by atoms with van der Waals surface area (Å²) in [7, 11) is 1.43. The highest BCUT2D eigenvalue weighted by molar-refractivity contribution is 5.98. The third kappa shape index (κ3) is 4.90. The zero-order valence-corrected chi connectivity index (χ0v) is 14.0. The second-order valence-electron chi connectivity index (χ2n) is 5.61. The van der Waals surface area contributed by atoms with Crippen LogP contribution in [0.2, 0.25) is 0 Å². The zero-order valence-electron chi connectivity index (χ0n) is 14.0. The van der Waals surface area contributed by atoms with E-state index in [-0.39, 0.29) is 12.3 Å². The second kappa shape index (κ2) is 8.09. The number of carboxylic acids is 1. The van der Waals surface area contributed by atoms with Crippen molar-refractivity contribution in [2.75, 3.05) is 12.4 Å². The Hall–Kier alpha value is -3.16. The average Bonchev–Trinajstić information content (AvgIpc) is 3.11. The zero-order chi connectivity index (χ0) is 18.4. The fourth-order valence-corrected chi connectivity index (χ4v) is 2.15. The summed E-state index contributed by atoms with van der Waals surface area (Å²) in [5, 5.41) is 11.7. The van der Waals surface area contributed by atoms with E-state index in [0.717, 1.165) is 4.90 Å². The SMILES string of the molecule is CC(C(=O)O)N(C)C(=O)c1cccc(NC(=O)CCn2ccnc2)c1. The fourth-order valence-electron chi connectivity index (χ4n) is 2.15. The van der Waals surface area contributed by atoms with Crippen molar-refractivity contribution in [3.05, 3.63) is 48.5 Å². The number of anilines is 1. The van der Waals surface area contributed by atoms with Crippen molar-refractivity contribution in [1.29, 1.82) is 0 Å². The summed E-state index contributed by atoms with van der Waals surface area (Å²) in [6.07, 6.45) is 5.31. The van der Waals surface area contributed by atoms with Gasteiger partial charge in [0.05, 0.1) is 6.33 Å². The molecule has 2 aromatic rings. The Morgan fingerprint density at radius 2 is 2.12 bits per heavy atom. The molecule has 0 aliphatic carbocycles. The lowest BCUT2D eigenvalue weighted by molar-refractivity contribution is -0.141. The van der Waals surface area contributed by atoms with Crippen molar-refractivity contribution < 1.29 is 19.5 Å². The van der Waals surface area contributed by atoms with Crippen molar-refractivity contribution in [1.82, 2.24) is 14.5 Å². The number of carbonyl (C=O) groups is 3. The molecule has 1 aromatic heterocycles. The molecule has 2 amide bonds.